The van der Waals surface area contributed by atoms with Gasteiger partial charge in [0.25, 0.3) is 0 Å². The quantitative estimate of drug-likeness (QED) is 0.712. The van der Waals surface area contributed by atoms with Crippen LogP contribution in [-0.2, 0) is 20.8 Å². The Bertz CT molecular complexity index is 494. The van der Waals surface area contributed by atoms with E-state index in [-0.39, 0.29) is 17.6 Å². The molecule has 6 heteroatoms. The minimum atomic E-state index is -0.959. The summed E-state index contributed by atoms with van der Waals surface area (Å²) in [6.07, 6.45) is 2.59. The van der Waals surface area contributed by atoms with Crippen LogP contribution in [0.3, 0.4) is 0 Å². The summed E-state index contributed by atoms with van der Waals surface area (Å²) in [6, 6.07) is 6.43. The van der Waals surface area contributed by atoms with Crippen LogP contribution in [0.25, 0.3) is 0 Å². The van der Waals surface area contributed by atoms with Gasteiger partial charge in [0.05, 0.1) is 24.9 Å². The number of ether oxygens (including phenoxy) is 2. The molecule has 0 bridgehead atoms. The van der Waals surface area contributed by atoms with Gasteiger partial charge >= 0.3 is 5.97 Å². The molecule has 2 rings (SSSR count). The second kappa shape index (κ2) is 8.51. The average molecular weight is 307 g/mol. The first-order valence-corrected chi connectivity index (χ1v) is 7.43. The zero-order valence-electron chi connectivity index (χ0n) is 12.4. The van der Waals surface area contributed by atoms with Gasteiger partial charge < -0.3 is 19.9 Å². The molecule has 1 aromatic carbocycles. The lowest BCUT2D eigenvalue weighted by Crippen LogP contribution is -2.24. The van der Waals surface area contributed by atoms with Gasteiger partial charge in [-0.2, -0.15) is 0 Å². The standard InChI is InChI=1S/C16H21NO5/c18-15(7-9-21-11-14-2-1-8-22-14)17-10-12-3-5-13(6-4-12)16(19)20/h3-6,14H,1-2,7-11H2,(H,17,18)(H,19,20). The highest BCUT2D eigenvalue weighted by atomic mass is 16.5. The number of amides is 1. The minimum Gasteiger partial charge on any atom is -0.478 e. The molecule has 22 heavy (non-hydrogen) atoms. The SMILES string of the molecule is O=C(CCOCC1CCCO1)NCc1ccc(C(=O)O)cc1. The number of carbonyl (C=O) groups is 2. The molecule has 6 nitrogen and oxygen atoms in total. The van der Waals surface area contributed by atoms with Crippen molar-refractivity contribution in [2.75, 3.05) is 19.8 Å². The van der Waals surface area contributed by atoms with Crippen LogP contribution in [0.1, 0.15) is 35.2 Å². The molecule has 2 N–H and O–H groups in total. The van der Waals surface area contributed by atoms with E-state index in [4.69, 9.17) is 14.6 Å². The van der Waals surface area contributed by atoms with Gasteiger partial charge in [0.1, 0.15) is 0 Å². The molecule has 1 aliphatic heterocycles. The van der Waals surface area contributed by atoms with E-state index in [0.717, 1.165) is 25.0 Å². The van der Waals surface area contributed by atoms with E-state index >= 15 is 0 Å². The number of carboxylic acid groups (broad SMARTS) is 1. The van der Waals surface area contributed by atoms with E-state index in [1.54, 1.807) is 12.1 Å². The fraction of sp³-hybridized carbons (Fsp3) is 0.500. The maximum Gasteiger partial charge on any atom is 0.335 e. The Kier molecular flexibility index (Phi) is 6.36. The van der Waals surface area contributed by atoms with Gasteiger partial charge in [0, 0.05) is 19.6 Å². The van der Waals surface area contributed by atoms with Gasteiger partial charge in [-0.05, 0) is 30.5 Å². The van der Waals surface area contributed by atoms with Gasteiger partial charge in [-0.1, -0.05) is 12.1 Å². The Morgan fingerprint density at radius 3 is 2.73 bits per heavy atom. The summed E-state index contributed by atoms with van der Waals surface area (Å²) in [4.78, 5) is 22.4. The number of nitrogens with one attached hydrogen (secondary N) is 1. The Morgan fingerprint density at radius 1 is 1.32 bits per heavy atom. The number of aromatic carboxylic acids is 1. The van der Waals surface area contributed by atoms with Gasteiger partial charge in [-0.15, -0.1) is 0 Å². The third kappa shape index (κ3) is 5.46. The van der Waals surface area contributed by atoms with Crippen LogP contribution in [0.15, 0.2) is 24.3 Å². The third-order valence-corrected chi connectivity index (χ3v) is 3.49. The lowest BCUT2D eigenvalue weighted by molar-refractivity contribution is -0.122. The monoisotopic (exact) mass is 307 g/mol. The first-order valence-electron chi connectivity index (χ1n) is 7.43. The summed E-state index contributed by atoms with van der Waals surface area (Å²) in [5, 5.41) is 11.6. The number of benzene rings is 1. The van der Waals surface area contributed by atoms with Crippen molar-refractivity contribution in [1.29, 1.82) is 0 Å². The smallest absolute Gasteiger partial charge is 0.335 e. The Labute approximate surface area is 129 Å². The summed E-state index contributed by atoms with van der Waals surface area (Å²) in [6.45, 7) is 2.10. The van der Waals surface area contributed by atoms with Crippen molar-refractivity contribution in [1.82, 2.24) is 5.32 Å². The van der Waals surface area contributed by atoms with Crippen molar-refractivity contribution >= 4 is 11.9 Å². The van der Waals surface area contributed by atoms with E-state index in [1.807, 2.05) is 0 Å². The molecule has 1 unspecified atom stereocenters. The fourth-order valence-electron chi connectivity index (χ4n) is 2.21. The molecule has 120 valence electrons. The maximum absolute atomic E-state index is 11.7. The first kappa shape index (κ1) is 16.5. The Hall–Kier alpha value is -1.92. The summed E-state index contributed by atoms with van der Waals surface area (Å²) in [7, 11) is 0. The number of carboxylic acids is 1. The van der Waals surface area contributed by atoms with Crippen LogP contribution in [0.4, 0.5) is 0 Å². The molecule has 0 saturated carbocycles. The normalized spacial score (nSPS) is 17.4. The van der Waals surface area contributed by atoms with Crippen LogP contribution >= 0.6 is 0 Å². The van der Waals surface area contributed by atoms with Crippen molar-refractivity contribution < 1.29 is 24.2 Å². The number of rotatable bonds is 8. The Morgan fingerprint density at radius 2 is 2.09 bits per heavy atom. The molecule has 1 aliphatic rings. The van der Waals surface area contributed by atoms with Crippen LogP contribution in [0.5, 0.6) is 0 Å². The largest absolute Gasteiger partial charge is 0.478 e. The average Bonchev–Trinajstić information content (AvgIpc) is 3.03. The molecule has 0 aromatic heterocycles. The zero-order chi connectivity index (χ0) is 15.8. The second-order valence-corrected chi connectivity index (χ2v) is 5.24. The van der Waals surface area contributed by atoms with Crippen LogP contribution in [-0.4, -0.2) is 42.9 Å². The fourth-order valence-corrected chi connectivity index (χ4v) is 2.21. The molecule has 1 amide bonds. The number of hydrogen-bond donors (Lipinski definition) is 2. The first-order chi connectivity index (χ1) is 10.6. The van der Waals surface area contributed by atoms with Gasteiger partial charge in [-0.3, -0.25) is 4.79 Å². The molecule has 1 atom stereocenters. The Balaban J connectivity index is 1.59. The number of carbonyl (C=O) groups excluding carboxylic acids is 1. The second-order valence-electron chi connectivity index (χ2n) is 5.24. The van der Waals surface area contributed by atoms with Crippen molar-refractivity contribution in [2.24, 2.45) is 0 Å². The van der Waals surface area contributed by atoms with Gasteiger partial charge in [-0.25, -0.2) is 4.79 Å². The zero-order valence-corrected chi connectivity index (χ0v) is 12.4. The minimum absolute atomic E-state index is 0.0883. The lowest BCUT2D eigenvalue weighted by Gasteiger charge is -2.10. The summed E-state index contributed by atoms with van der Waals surface area (Å²) in [5.74, 6) is -1.05. The van der Waals surface area contributed by atoms with Crippen molar-refractivity contribution in [3.05, 3.63) is 35.4 Å². The van der Waals surface area contributed by atoms with Crippen LogP contribution in [0, 0.1) is 0 Å². The molecule has 0 aliphatic carbocycles. The molecule has 0 spiro atoms. The highest BCUT2D eigenvalue weighted by Crippen LogP contribution is 2.11. The highest BCUT2D eigenvalue weighted by molar-refractivity contribution is 5.87. The van der Waals surface area contributed by atoms with Crippen LogP contribution in [0.2, 0.25) is 0 Å². The molecule has 1 fully saturated rings. The van der Waals surface area contributed by atoms with Crippen molar-refractivity contribution in [2.45, 2.75) is 31.9 Å². The van der Waals surface area contributed by atoms with Gasteiger partial charge in [0.2, 0.25) is 5.91 Å². The molecule has 1 heterocycles. The molecular weight excluding hydrogens is 286 g/mol. The number of hydrogen-bond acceptors (Lipinski definition) is 4. The summed E-state index contributed by atoms with van der Waals surface area (Å²) < 4.78 is 10.9. The predicted octanol–water partition coefficient (Wildman–Crippen LogP) is 1.59. The molecule has 1 saturated heterocycles. The maximum atomic E-state index is 11.7. The molecular formula is C16H21NO5. The van der Waals surface area contributed by atoms with E-state index in [9.17, 15) is 9.59 Å². The lowest BCUT2D eigenvalue weighted by atomic mass is 10.1. The van der Waals surface area contributed by atoms with Gasteiger partial charge in [0.15, 0.2) is 0 Å². The summed E-state index contributed by atoms with van der Waals surface area (Å²) >= 11 is 0. The third-order valence-electron chi connectivity index (χ3n) is 3.49. The predicted molar refractivity (Wildman–Crippen MR) is 79.7 cm³/mol. The molecule has 0 radical (unpaired) electrons. The van der Waals surface area contributed by atoms with E-state index < -0.39 is 5.97 Å². The summed E-state index contributed by atoms with van der Waals surface area (Å²) in [5.41, 5.74) is 1.09. The topological polar surface area (TPSA) is 84.9 Å². The van der Waals surface area contributed by atoms with E-state index in [0.29, 0.717) is 26.2 Å². The van der Waals surface area contributed by atoms with Crippen LogP contribution < -0.4 is 5.32 Å². The van der Waals surface area contributed by atoms with Crippen molar-refractivity contribution in [3.8, 4) is 0 Å². The highest BCUT2D eigenvalue weighted by Gasteiger charge is 2.15. The van der Waals surface area contributed by atoms with E-state index in [1.165, 1.54) is 12.1 Å². The van der Waals surface area contributed by atoms with E-state index in [2.05, 4.69) is 5.32 Å². The van der Waals surface area contributed by atoms with Crippen molar-refractivity contribution in [3.63, 3.8) is 0 Å². The molecule has 1 aromatic rings.